The predicted molar refractivity (Wildman–Crippen MR) is 94.5 cm³/mol. The fourth-order valence-corrected chi connectivity index (χ4v) is 3.18. The Morgan fingerprint density at radius 3 is 2.71 bits per heavy atom. The lowest BCUT2D eigenvalue weighted by Gasteiger charge is -2.12. The van der Waals surface area contributed by atoms with Crippen molar-refractivity contribution in [2.45, 2.75) is 20.8 Å². The minimum absolute atomic E-state index is 0.253. The van der Waals surface area contributed by atoms with Crippen LogP contribution in [0.3, 0.4) is 0 Å². The van der Waals surface area contributed by atoms with E-state index in [9.17, 15) is 4.79 Å². The number of hydrogen-bond donors (Lipinski definition) is 1. The van der Waals surface area contributed by atoms with Gasteiger partial charge in [0.1, 0.15) is 5.69 Å². The van der Waals surface area contributed by atoms with Gasteiger partial charge in [0.2, 0.25) is 0 Å². The Balaban J connectivity index is 1.81. The quantitative estimate of drug-likeness (QED) is 0.739. The first-order valence-electron chi connectivity index (χ1n) is 7.76. The largest absolute Gasteiger partial charge is 0.490 e. The Bertz CT molecular complexity index is 869. The van der Waals surface area contributed by atoms with Crippen LogP contribution in [0.15, 0.2) is 29.8 Å². The van der Waals surface area contributed by atoms with Gasteiger partial charge < -0.3 is 14.8 Å². The molecule has 0 aliphatic rings. The number of hydrogen-bond acceptors (Lipinski definition) is 5. The molecule has 0 saturated heterocycles. The molecule has 0 aliphatic carbocycles. The number of aryl methyl sites for hydroxylation is 1. The summed E-state index contributed by atoms with van der Waals surface area (Å²) in [5.74, 6) is 1.02. The number of anilines is 1. The van der Waals surface area contributed by atoms with E-state index < -0.39 is 0 Å². The van der Waals surface area contributed by atoms with Gasteiger partial charge in [0, 0.05) is 29.0 Å². The number of imidazole rings is 1. The van der Waals surface area contributed by atoms with Crippen LogP contribution >= 0.6 is 11.3 Å². The first kappa shape index (κ1) is 16.3. The Morgan fingerprint density at radius 1 is 1.25 bits per heavy atom. The second-order valence-corrected chi connectivity index (χ2v) is 5.97. The summed E-state index contributed by atoms with van der Waals surface area (Å²) in [6.07, 6.45) is 1.74. The number of rotatable bonds is 6. The lowest BCUT2D eigenvalue weighted by atomic mass is 10.2. The summed E-state index contributed by atoms with van der Waals surface area (Å²) in [5.41, 5.74) is 2.08. The van der Waals surface area contributed by atoms with Crippen LogP contribution in [-0.2, 0) is 0 Å². The molecule has 3 rings (SSSR count). The van der Waals surface area contributed by atoms with Crippen molar-refractivity contribution in [1.82, 2.24) is 9.38 Å². The summed E-state index contributed by atoms with van der Waals surface area (Å²) in [4.78, 5) is 17.6. The Kier molecular flexibility index (Phi) is 4.71. The number of aromatic nitrogens is 2. The Labute approximate surface area is 144 Å². The van der Waals surface area contributed by atoms with E-state index in [1.54, 1.807) is 24.4 Å². The molecule has 0 saturated carbocycles. The fraction of sp³-hybridized carbons (Fsp3) is 0.294. The van der Waals surface area contributed by atoms with Gasteiger partial charge in [-0.2, -0.15) is 0 Å². The number of carbonyl (C=O) groups is 1. The lowest BCUT2D eigenvalue weighted by molar-refractivity contribution is 0.102. The van der Waals surface area contributed by atoms with E-state index in [1.807, 2.05) is 30.6 Å². The molecule has 0 fully saturated rings. The van der Waals surface area contributed by atoms with Crippen molar-refractivity contribution in [3.63, 3.8) is 0 Å². The molecular formula is C17H19N3O3S. The van der Waals surface area contributed by atoms with Crippen LogP contribution in [0.4, 0.5) is 5.69 Å². The fourth-order valence-electron chi connectivity index (χ4n) is 2.33. The van der Waals surface area contributed by atoms with Gasteiger partial charge in [0.05, 0.1) is 13.2 Å². The third-order valence-electron chi connectivity index (χ3n) is 3.42. The summed E-state index contributed by atoms with van der Waals surface area (Å²) < 4.78 is 13.0. The highest BCUT2D eigenvalue weighted by Gasteiger charge is 2.14. The normalized spacial score (nSPS) is 10.8. The molecule has 24 heavy (non-hydrogen) atoms. The van der Waals surface area contributed by atoms with E-state index in [0.717, 1.165) is 10.7 Å². The van der Waals surface area contributed by atoms with Crippen LogP contribution in [-0.4, -0.2) is 28.5 Å². The van der Waals surface area contributed by atoms with Gasteiger partial charge in [0.15, 0.2) is 16.5 Å². The number of ether oxygens (including phenoxy) is 2. The van der Waals surface area contributed by atoms with Crippen molar-refractivity contribution in [2.24, 2.45) is 0 Å². The molecule has 1 aromatic carbocycles. The highest BCUT2D eigenvalue weighted by molar-refractivity contribution is 7.15. The van der Waals surface area contributed by atoms with Gasteiger partial charge in [-0.3, -0.25) is 9.20 Å². The van der Waals surface area contributed by atoms with Gasteiger partial charge in [-0.25, -0.2) is 4.98 Å². The summed E-state index contributed by atoms with van der Waals surface area (Å²) >= 11 is 1.51. The maximum Gasteiger partial charge on any atom is 0.275 e. The van der Waals surface area contributed by atoms with Crippen molar-refractivity contribution in [2.75, 3.05) is 18.5 Å². The zero-order valence-corrected chi connectivity index (χ0v) is 14.6. The highest BCUT2D eigenvalue weighted by Crippen LogP contribution is 2.30. The summed E-state index contributed by atoms with van der Waals surface area (Å²) in [5, 5.41) is 4.86. The maximum absolute atomic E-state index is 12.4. The van der Waals surface area contributed by atoms with Crippen molar-refractivity contribution < 1.29 is 14.3 Å². The lowest BCUT2D eigenvalue weighted by Crippen LogP contribution is -2.12. The second kappa shape index (κ2) is 6.92. The molecule has 126 valence electrons. The smallest absolute Gasteiger partial charge is 0.275 e. The first-order chi connectivity index (χ1) is 11.6. The van der Waals surface area contributed by atoms with Crippen molar-refractivity contribution in [3.8, 4) is 11.5 Å². The van der Waals surface area contributed by atoms with Crippen LogP contribution < -0.4 is 14.8 Å². The standard InChI is InChI=1S/C17H19N3O3S/c1-4-22-14-7-6-12(8-15(14)23-5-2)18-16(21)13-9-20-11(3)10-24-17(20)19-13/h6-10H,4-5H2,1-3H3,(H,18,21). The molecule has 6 nitrogen and oxygen atoms in total. The van der Waals surface area contributed by atoms with E-state index >= 15 is 0 Å². The summed E-state index contributed by atoms with van der Waals surface area (Å²) in [7, 11) is 0. The zero-order chi connectivity index (χ0) is 17.1. The molecule has 0 atom stereocenters. The van der Waals surface area contributed by atoms with Gasteiger partial charge in [0.25, 0.3) is 5.91 Å². The topological polar surface area (TPSA) is 64.9 Å². The van der Waals surface area contributed by atoms with E-state index in [4.69, 9.17) is 9.47 Å². The van der Waals surface area contributed by atoms with E-state index in [-0.39, 0.29) is 5.91 Å². The van der Waals surface area contributed by atoms with Gasteiger partial charge >= 0.3 is 0 Å². The average molecular weight is 345 g/mol. The molecule has 0 unspecified atom stereocenters. The van der Waals surface area contributed by atoms with Crippen LogP contribution in [0.2, 0.25) is 0 Å². The molecule has 0 bridgehead atoms. The van der Waals surface area contributed by atoms with Crippen LogP contribution in [0, 0.1) is 6.92 Å². The van der Waals surface area contributed by atoms with E-state index in [1.165, 1.54) is 11.3 Å². The molecule has 3 aromatic rings. The third kappa shape index (κ3) is 3.21. The first-order valence-corrected chi connectivity index (χ1v) is 8.64. The van der Waals surface area contributed by atoms with Crippen molar-refractivity contribution >= 4 is 27.9 Å². The Hall–Kier alpha value is -2.54. The zero-order valence-electron chi connectivity index (χ0n) is 13.8. The number of carbonyl (C=O) groups excluding carboxylic acids is 1. The van der Waals surface area contributed by atoms with E-state index in [0.29, 0.717) is 36.1 Å². The van der Waals surface area contributed by atoms with Gasteiger partial charge in [-0.1, -0.05) is 0 Å². The van der Waals surface area contributed by atoms with Gasteiger partial charge in [-0.05, 0) is 32.9 Å². The number of nitrogens with zero attached hydrogens (tertiary/aromatic N) is 2. The molecule has 2 heterocycles. The predicted octanol–water partition coefficient (Wildman–Crippen LogP) is 3.75. The number of thiazole rings is 1. The molecule has 1 amide bonds. The summed E-state index contributed by atoms with van der Waals surface area (Å²) in [6, 6.07) is 5.34. The minimum Gasteiger partial charge on any atom is -0.490 e. The molecule has 2 aromatic heterocycles. The van der Waals surface area contributed by atoms with Crippen molar-refractivity contribution in [3.05, 3.63) is 41.2 Å². The second-order valence-electron chi connectivity index (χ2n) is 5.14. The highest BCUT2D eigenvalue weighted by atomic mass is 32.1. The van der Waals surface area contributed by atoms with Crippen LogP contribution in [0.25, 0.3) is 4.96 Å². The molecular weight excluding hydrogens is 326 g/mol. The third-order valence-corrected chi connectivity index (χ3v) is 4.38. The maximum atomic E-state index is 12.4. The number of nitrogens with one attached hydrogen (secondary N) is 1. The molecule has 0 spiro atoms. The molecule has 1 N–H and O–H groups in total. The molecule has 0 aliphatic heterocycles. The van der Waals surface area contributed by atoms with Crippen molar-refractivity contribution in [1.29, 1.82) is 0 Å². The molecule has 0 radical (unpaired) electrons. The van der Waals surface area contributed by atoms with E-state index in [2.05, 4.69) is 10.3 Å². The number of fused-ring (bicyclic) bond motifs is 1. The minimum atomic E-state index is -0.253. The summed E-state index contributed by atoms with van der Waals surface area (Å²) in [6.45, 7) is 6.87. The van der Waals surface area contributed by atoms with Crippen LogP contribution in [0.5, 0.6) is 11.5 Å². The number of benzene rings is 1. The number of amides is 1. The average Bonchev–Trinajstić information content (AvgIpc) is 3.13. The molecule has 7 heteroatoms. The SMILES string of the molecule is CCOc1ccc(NC(=O)c2cn3c(C)csc3n2)cc1OCC. The monoisotopic (exact) mass is 345 g/mol. The van der Waals surface area contributed by atoms with Crippen LogP contribution in [0.1, 0.15) is 30.0 Å². The van der Waals surface area contributed by atoms with Gasteiger partial charge in [-0.15, -0.1) is 11.3 Å². The Morgan fingerprint density at radius 2 is 2.00 bits per heavy atom.